The zero-order valence-corrected chi connectivity index (χ0v) is 14.8. The number of hydrogen-bond acceptors (Lipinski definition) is 3. The van der Waals surface area contributed by atoms with Gasteiger partial charge < -0.3 is 10.6 Å². The minimum atomic E-state index is -0.555. The molecule has 24 heavy (non-hydrogen) atoms. The predicted octanol–water partition coefficient (Wildman–Crippen LogP) is 2.05. The Bertz CT molecular complexity index is 651. The number of benzene rings is 1. The van der Waals surface area contributed by atoms with E-state index in [1.54, 1.807) is 6.20 Å². The third kappa shape index (κ3) is 3.79. The van der Waals surface area contributed by atoms with E-state index in [4.69, 9.17) is 0 Å². The molecule has 1 saturated heterocycles. The third-order valence-corrected chi connectivity index (χ3v) is 4.74. The van der Waals surface area contributed by atoms with E-state index in [0.29, 0.717) is 6.54 Å². The Morgan fingerprint density at radius 3 is 2.71 bits per heavy atom. The molecular weight excluding hydrogens is 324 g/mol. The van der Waals surface area contributed by atoms with Gasteiger partial charge in [-0.2, -0.15) is 5.10 Å². The molecule has 1 aromatic carbocycles. The standard InChI is InChI=1S/C18H24N4O.ClH/c1-15-5-2-3-6-16(15)7-11-20-17(23)18(8-12-19-13-9-18)22-14-4-10-21-22;/h2-6,10,14,19H,7-9,11-13H2,1H3,(H,20,23);1H. The van der Waals surface area contributed by atoms with Crippen LogP contribution in [0.15, 0.2) is 42.7 Å². The van der Waals surface area contributed by atoms with Gasteiger partial charge in [0.05, 0.1) is 0 Å². The fourth-order valence-corrected chi connectivity index (χ4v) is 3.29. The van der Waals surface area contributed by atoms with Gasteiger partial charge in [-0.25, -0.2) is 0 Å². The second kappa shape index (κ2) is 8.31. The minimum Gasteiger partial charge on any atom is -0.354 e. The maximum absolute atomic E-state index is 12.9. The van der Waals surface area contributed by atoms with E-state index in [9.17, 15) is 4.79 Å². The normalized spacial score (nSPS) is 16.2. The number of hydrogen-bond donors (Lipinski definition) is 2. The van der Waals surface area contributed by atoms with E-state index >= 15 is 0 Å². The van der Waals surface area contributed by atoms with E-state index in [0.717, 1.165) is 32.4 Å². The smallest absolute Gasteiger partial charge is 0.248 e. The van der Waals surface area contributed by atoms with E-state index in [1.165, 1.54) is 11.1 Å². The number of amides is 1. The molecule has 0 bridgehead atoms. The quantitative estimate of drug-likeness (QED) is 0.869. The molecule has 2 aromatic rings. The van der Waals surface area contributed by atoms with Crippen LogP contribution >= 0.6 is 12.4 Å². The number of aryl methyl sites for hydroxylation is 1. The van der Waals surface area contributed by atoms with Crippen molar-refractivity contribution in [2.45, 2.75) is 31.7 Å². The molecule has 2 heterocycles. The lowest BCUT2D eigenvalue weighted by Gasteiger charge is -2.36. The zero-order valence-electron chi connectivity index (χ0n) is 14.0. The Morgan fingerprint density at radius 2 is 2.04 bits per heavy atom. The minimum absolute atomic E-state index is 0. The summed E-state index contributed by atoms with van der Waals surface area (Å²) < 4.78 is 1.83. The zero-order chi connectivity index (χ0) is 16.1. The molecule has 1 aromatic heterocycles. The van der Waals surface area contributed by atoms with Crippen LogP contribution in [0.3, 0.4) is 0 Å². The van der Waals surface area contributed by atoms with Crippen molar-refractivity contribution in [3.8, 4) is 0 Å². The van der Waals surface area contributed by atoms with Gasteiger partial charge in [-0.1, -0.05) is 24.3 Å². The monoisotopic (exact) mass is 348 g/mol. The van der Waals surface area contributed by atoms with Crippen molar-refractivity contribution in [3.05, 3.63) is 53.9 Å². The van der Waals surface area contributed by atoms with Crippen molar-refractivity contribution in [2.75, 3.05) is 19.6 Å². The molecule has 0 aliphatic carbocycles. The molecule has 1 aliphatic heterocycles. The molecule has 1 amide bonds. The first-order valence-corrected chi connectivity index (χ1v) is 8.26. The van der Waals surface area contributed by atoms with Gasteiger partial charge in [-0.15, -0.1) is 12.4 Å². The van der Waals surface area contributed by atoms with Gasteiger partial charge >= 0.3 is 0 Å². The molecular formula is C18H25ClN4O. The van der Waals surface area contributed by atoms with Crippen molar-refractivity contribution in [3.63, 3.8) is 0 Å². The number of halogens is 1. The summed E-state index contributed by atoms with van der Waals surface area (Å²) in [5.74, 6) is 0.0799. The molecule has 5 nitrogen and oxygen atoms in total. The van der Waals surface area contributed by atoms with Crippen LogP contribution in [0.2, 0.25) is 0 Å². The van der Waals surface area contributed by atoms with Crippen molar-refractivity contribution >= 4 is 18.3 Å². The molecule has 6 heteroatoms. The molecule has 130 valence electrons. The van der Waals surface area contributed by atoms with Crippen LogP contribution in [-0.4, -0.2) is 35.3 Å². The van der Waals surface area contributed by atoms with Gasteiger partial charge in [0, 0.05) is 18.9 Å². The molecule has 2 N–H and O–H groups in total. The van der Waals surface area contributed by atoms with E-state index in [2.05, 4.69) is 34.8 Å². The largest absolute Gasteiger partial charge is 0.354 e. The second-order valence-electron chi connectivity index (χ2n) is 6.16. The lowest BCUT2D eigenvalue weighted by Crippen LogP contribution is -2.54. The van der Waals surface area contributed by atoms with Crippen LogP contribution < -0.4 is 10.6 Å². The first-order valence-electron chi connectivity index (χ1n) is 8.26. The Balaban J connectivity index is 0.00000208. The van der Waals surface area contributed by atoms with Gasteiger partial charge in [-0.05, 0) is 56.5 Å². The molecule has 3 rings (SSSR count). The summed E-state index contributed by atoms with van der Waals surface area (Å²) in [6, 6.07) is 10.2. The predicted molar refractivity (Wildman–Crippen MR) is 97.4 cm³/mol. The summed E-state index contributed by atoms with van der Waals surface area (Å²) in [6.07, 6.45) is 6.03. The molecule has 0 unspecified atom stereocenters. The summed E-state index contributed by atoms with van der Waals surface area (Å²) >= 11 is 0. The highest BCUT2D eigenvalue weighted by Crippen LogP contribution is 2.27. The van der Waals surface area contributed by atoms with Gasteiger partial charge in [0.15, 0.2) is 0 Å². The Kier molecular flexibility index (Phi) is 6.40. The van der Waals surface area contributed by atoms with E-state index in [1.807, 2.05) is 29.1 Å². The third-order valence-electron chi connectivity index (χ3n) is 4.74. The Hall–Kier alpha value is -1.85. The maximum atomic E-state index is 12.9. The van der Waals surface area contributed by atoms with Crippen LogP contribution in [0.4, 0.5) is 0 Å². The number of carbonyl (C=O) groups excluding carboxylic acids is 1. The first kappa shape index (κ1) is 18.5. The molecule has 0 radical (unpaired) electrons. The number of nitrogens with zero attached hydrogens (tertiary/aromatic N) is 2. The molecule has 1 fully saturated rings. The van der Waals surface area contributed by atoms with Crippen molar-refractivity contribution < 1.29 is 4.79 Å². The summed E-state index contributed by atoms with van der Waals surface area (Å²) in [5, 5.41) is 10.8. The number of carbonyl (C=O) groups is 1. The summed E-state index contributed by atoms with van der Waals surface area (Å²) in [7, 11) is 0. The lowest BCUT2D eigenvalue weighted by atomic mass is 9.87. The topological polar surface area (TPSA) is 59.0 Å². The number of rotatable bonds is 5. The second-order valence-corrected chi connectivity index (χ2v) is 6.16. The maximum Gasteiger partial charge on any atom is 0.248 e. The van der Waals surface area contributed by atoms with Crippen molar-refractivity contribution in [1.82, 2.24) is 20.4 Å². The lowest BCUT2D eigenvalue weighted by molar-refractivity contribution is -0.131. The average Bonchev–Trinajstić information content (AvgIpc) is 3.12. The summed E-state index contributed by atoms with van der Waals surface area (Å²) in [5.41, 5.74) is 2.00. The van der Waals surface area contributed by atoms with E-state index < -0.39 is 5.54 Å². The summed E-state index contributed by atoms with van der Waals surface area (Å²) in [4.78, 5) is 12.9. The van der Waals surface area contributed by atoms with E-state index in [-0.39, 0.29) is 18.3 Å². The van der Waals surface area contributed by atoms with Crippen LogP contribution in [0.1, 0.15) is 24.0 Å². The SMILES string of the molecule is Cc1ccccc1CCNC(=O)C1(n2cccn2)CCNCC1.Cl. The summed E-state index contributed by atoms with van der Waals surface area (Å²) in [6.45, 7) is 4.44. The van der Waals surface area contributed by atoms with Crippen LogP contribution in [-0.2, 0) is 16.8 Å². The fraction of sp³-hybridized carbons (Fsp3) is 0.444. The number of piperidine rings is 1. The highest BCUT2D eigenvalue weighted by molar-refractivity contribution is 5.85. The highest BCUT2D eigenvalue weighted by Gasteiger charge is 2.41. The van der Waals surface area contributed by atoms with Crippen molar-refractivity contribution in [2.24, 2.45) is 0 Å². The Morgan fingerprint density at radius 1 is 1.29 bits per heavy atom. The van der Waals surface area contributed by atoms with Gasteiger partial charge in [0.2, 0.25) is 5.91 Å². The van der Waals surface area contributed by atoms with Crippen molar-refractivity contribution in [1.29, 1.82) is 0 Å². The first-order chi connectivity index (χ1) is 11.2. The highest BCUT2D eigenvalue weighted by atomic mass is 35.5. The van der Waals surface area contributed by atoms with Gasteiger partial charge in [0.25, 0.3) is 0 Å². The average molecular weight is 349 g/mol. The van der Waals surface area contributed by atoms with Crippen LogP contribution in [0.25, 0.3) is 0 Å². The Labute approximate surface area is 149 Å². The number of nitrogens with one attached hydrogen (secondary N) is 2. The fourth-order valence-electron chi connectivity index (χ4n) is 3.29. The number of aromatic nitrogens is 2. The molecule has 0 saturated carbocycles. The van der Waals surface area contributed by atoms with Gasteiger partial charge in [-0.3, -0.25) is 9.48 Å². The van der Waals surface area contributed by atoms with Gasteiger partial charge in [0.1, 0.15) is 5.54 Å². The van der Waals surface area contributed by atoms with Crippen LogP contribution in [0.5, 0.6) is 0 Å². The molecule has 0 spiro atoms. The molecule has 1 aliphatic rings. The van der Waals surface area contributed by atoms with Crippen LogP contribution in [0, 0.1) is 6.92 Å². The molecule has 0 atom stereocenters.